The molecule has 2 rings (SSSR count). The Morgan fingerprint density at radius 1 is 1.41 bits per heavy atom. The van der Waals surface area contributed by atoms with Crippen LogP contribution in [0, 0.1) is 5.92 Å². The van der Waals surface area contributed by atoms with Crippen molar-refractivity contribution in [2.45, 2.75) is 20.4 Å². The maximum atomic E-state index is 4.21. The van der Waals surface area contributed by atoms with E-state index in [1.165, 1.54) is 0 Å². The Bertz CT molecular complexity index is 479. The number of halogens is 1. The van der Waals surface area contributed by atoms with E-state index in [2.05, 4.69) is 56.7 Å². The summed E-state index contributed by atoms with van der Waals surface area (Å²) in [5.41, 5.74) is 1.15. The normalized spacial score (nSPS) is 11.3. The summed E-state index contributed by atoms with van der Waals surface area (Å²) < 4.78 is 1.13. The van der Waals surface area contributed by atoms with E-state index >= 15 is 0 Å². The second-order valence-corrected chi connectivity index (χ2v) is 7.52. The lowest BCUT2D eigenvalue weighted by Crippen LogP contribution is -2.18. The molecule has 0 fully saturated rings. The van der Waals surface area contributed by atoms with Gasteiger partial charge < -0.3 is 5.32 Å². The number of nitrogens with zero attached hydrogens (tertiary/aromatic N) is 2. The van der Waals surface area contributed by atoms with Crippen LogP contribution in [0.25, 0.3) is 10.6 Å². The standard InChI is InChI=1S/C11H14BrN3S2/c1-7(2)4-13-5-10-14-15-11(17-10)8-3-9(12)16-6-8/h3,6-7,13H,4-5H2,1-2H3. The lowest BCUT2D eigenvalue weighted by Gasteiger charge is -2.03. The van der Waals surface area contributed by atoms with Crippen molar-refractivity contribution < 1.29 is 0 Å². The molecule has 0 saturated carbocycles. The molecule has 2 aromatic heterocycles. The number of aromatic nitrogens is 2. The minimum absolute atomic E-state index is 0.662. The third-order valence-electron chi connectivity index (χ3n) is 2.11. The summed E-state index contributed by atoms with van der Waals surface area (Å²) in [7, 11) is 0. The Kier molecular flexibility index (Phi) is 4.67. The minimum atomic E-state index is 0.662. The molecular weight excluding hydrogens is 318 g/mol. The van der Waals surface area contributed by atoms with E-state index in [0.29, 0.717) is 5.92 Å². The van der Waals surface area contributed by atoms with Gasteiger partial charge in [0.1, 0.15) is 10.0 Å². The third kappa shape index (κ3) is 3.84. The van der Waals surface area contributed by atoms with Crippen LogP contribution in [0.5, 0.6) is 0 Å². The molecule has 0 spiro atoms. The fourth-order valence-electron chi connectivity index (χ4n) is 1.33. The molecular formula is C11H14BrN3S2. The van der Waals surface area contributed by atoms with Crippen LogP contribution in [0.1, 0.15) is 18.9 Å². The fourth-order valence-corrected chi connectivity index (χ4v) is 3.34. The smallest absolute Gasteiger partial charge is 0.148 e. The van der Waals surface area contributed by atoms with Gasteiger partial charge >= 0.3 is 0 Å². The molecule has 0 aliphatic carbocycles. The quantitative estimate of drug-likeness (QED) is 0.906. The van der Waals surface area contributed by atoms with Gasteiger partial charge in [-0.3, -0.25) is 0 Å². The lowest BCUT2D eigenvalue weighted by atomic mass is 10.2. The highest BCUT2D eigenvalue weighted by molar-refractivity contribution is 9.11. The highest BCUT2D eigenvalue weighted by atomic mass is 79.9. The molecule has 3 nitrogen and oxygen atoms in total. The summed E-state index contributed by atoms with van der Waals surface area (Å²) in [6, 6.07) is 2.08. The van der Waals surface area contributed by atoms with Crippen LogP contribution in [0.15, 0.2) is 15.2 Å². The molecule has 0 radical (unpaired) electrons. The molecule has 92 valence electrons. The van der Waals surface area contributed by atoms with Crippen LogP contribution >= 0.6 is 38.6 Å². The van der Waals surface area contributed by atoms with E-state index in [-0.39, 0.29) is 0 Å². The van der Waals surface area contributed by atoms with E-state index in [1.807, 2.05) is 0 Å². The van der Waals surface area contributed by atoms with Gasteiger partial charge in [-0.2, -0.15) is 0 Å². The number of hydrogen-bond donors (Lipinski definition) is 1. The van der Waals surface area contributed by atoms with Crippen molar-refractivity contribution in [3.05, 3.63) is 20.2 Å². The van der Waals surface area contributed by atoms with Crippen molar-refractivity contribution in [2.75, 3.05) is 6.54 Å². The summed E-state index contributed by atoms with van der Waals surface area (Å²) in [4.78, 5) is 0. The highest BCUT2D eigenvalue weighted by Gasteiger charge is 2.08. The van der Waals surface area contributed by atoms with Crippen molar-refractivity contribution in [1.82, 2.24) is 15.5 Å². The maximum absolute atomic E-state index is 4.21. The number of thiophene rings is 1. The average Bonchev–Trinajstić information content (AvgIpc) is 2.86. The molecule has 6 heteroatoms. The van der Waals surface area contributed by atoms with Gasteiger partial charge in [-0.1, -0.05) is 25.2 Å². The van der Waals surface area contributed by atoms with E-state index in [4.69, 9.17) is 0 Å². The first-order valence-electron chi connectivity index (χ1n) is 5.42. The molecule has 0 unspecified atom stereocenters. The van der Waals surface area contributed by atoms with Gasteiger partial charge in [0, 0.05) is 17.5 Å². The number of nitrogens with one attached hydrogen (secondary N) is 1. The second-order valence-electron chi connectivity index (χ2n) is 4.17. The van der Waals surface area contributed by atoms with Gasteiger partial charge in [0.2, 0.25) is 0 Å². The molecule has 2 aromatic rings. The van der Waals surface area contributed by atoms with E-state index in [1.54, 1.807) is 22.7 Å². The van der Waals surface area contributed by atoms with Gasteiger partial charge in [0.25, 0.3) is 0 Å². The molecule has 0 amide bonds. The van der Waals surface area contributed by atoms with Gasteiger partial charge in [-0.15, -0.1) is 21.5 Å². The monoisotopic (exact) mass is 331 g/mol. The first-order chi connectivity index (χ1) is 8.15. The zero-order valence-electron chi connectivity index (χ0n) is 9.74. The molecule has 1 N–H and O–H groups in total. The van der Waals surface area contributed by atoms with Crippen LogP contribution < -0.4 is 5.32 Å². The van der Waals surface area contributed by atoms with Crippen LogP contribution in [0.2, 0.25) is 0 Å². The molecule has 17 heavy (non-hydrogen) atoms. The summed E-state index contributed by atoms with van der Waals surface area (Å²) >= 11 is 6.78. The van der Waals surface area contributed by atoms with Gasteiger partial charge in [-0.25, -0.2) is 0 Å². The average molecular weight is 332 g/mol. The van der Waals surface area contributed by atoms with Crippen LogP contribution in [-0.4, -0.2) is 16.7 Å². The zero-order valence-corrected chi connectivity index (χ0v) is 13.0. The Labute approximate surface area is 117 Å². The largest absolute Gasteiger partial charge is 0.310 e. The van der Waals surface area contributed by atoms with Crippen molar-refractivity contribution in [3.8, 4) is 10.6 Å². The van der Waals surface area contributed by atoms with Gasteiger partial charge in [-0.05, 0) is 34.5 Å². The van der Waals surface area contributed by atoms with Gasteiger partial charge in [0.05, 0.1) is 3.79 Å². The SMILES string of the molecule is CC(C)CNCc1nnc(-c2csc(Br)c2)s1. The lowest BCUT2D eigenvalue weighted by molar-refractivity contribution is 0.550. The summed E-state index contributed by atoms with van der Waals surface area (Å²) in [6.07, 6.45) is 0. The van der Waals surface area contributed by atoms with E-state index in [0.717, 1.165) is 32.5 Å². The summed E-state index contributed by atoms with van der Waals surface area (Å²) in [5, 5.41) is 15.9. The Morgan fingerprint density at radius 3 is 2.88 bits per heavy atom. The Balaban J connectivity index is 1.96. The van der Waals surface area contributed by atoms with Crippen LogP contribution in [0.3, 0.4) is 0 Å². The third-order valence-corrected chi connectivity index (χ3v) is 4.59. The summed E-state index contributed by atoms with van der Waals surface area (Å²) in [6.45, 7) is 6.21. The van der Waals surface area contributed by atoms with Crippen molar-refractivity contribution >= 4 is 38.6 Å². The minimum Gasteiger partial charge on any atom is -0.310 e. The number of rotatable bonds is 5. The van der Waals surface area contributed by atoms with Crippen molar-refractivity contribution in [2.24, 2.45) is 5.92 Å². The maximum Gasteiger partial charge on any atom is 0.148 e. The number of hydrogen-bond acceptors (Lipinski definition) is 5. The second kappa shape index (κ2) is 6.04. The molecule has 0 aliphatic heterocycles. The first-order valence-corrected chi connectivity index (χ1v) is 7.91. The Morgan fingerprint density at radius 2 is 2.24 bits per heavy atom. The molecule has 0 atom stereocenters. The summed E-state index contributed by atoms with van der Waals surface area (Å²) in [5.74, 6) is 0.662. The highest BCUT2D eigenvalue weighted by Crippen LogP contribution is 2.30. The van der Waals surface area contributed by atoms with Crippen molar-refractivity contribution in [3.63, 3.8) is 0 Å². The van der Waals surface area contributed by atoms with E-state index in [9.17, 15) is 0 Å². The molecule has 2 heterocycles. The first kappa shape index (κ1) is 13.1. The molecule has 0 saturated heterocycles. The predicted molar refractivity (Wildman–Crippen MR) is 77.5 cm³/mol. The van der Waals surface area contributed by atoms with Crippen LogP contribution in [0.4, 0.5) is 0 Å². The molecule has 0 aromatic carbocycles. The van der Waals surface area contributed by atoms with E-state index < -0.39 is 0 Å². The Hall–Kier alpha value is -0.300. The zero-order chi connectivity index (χ0) is 12.3. The van der Waals surface area contributed by atoms with Crippen molar-refractivity contribution in [1.29, 1.82) is 0 Å². The molecule has 0 aliphatic rings. The molecule has 0 bridgehead atoms. The fraction of sp³-hybridized carbons (Fsp3) is 0.455. The predicted octanol–water partition coefficient (Wildman–Crippen LogP) is 3.77. The van der Waals surface area contributed by atoms with Gasteiger partial charge in [0.15, 0.2) is 0 Å². The van der Waals surface area contributed by atoms with Crippen LogP contribution in [-0.2, 0) is 6.54 Å². The topological polar surface area (TPSA) is 37.8 Å².